The van der Waals surface area contributed by atoms with E-state index in [4.69, 9.17) is 4.65 Å². The minimum atomic E-state index is -0.778. The van der Waals surface area contributed by atoms with Crippen LogP contribution in [0.25, 0.3) is 0 Å². The molecule has 0 saturated carbocycles. The van der Waals surface area contributed by atoms with Gasteiger partial charge in [-0.3, -0.25) is 0 Å². The lowest BCUT2D eigenvalue weighted by atomic mass is 9.77. The zero-order valence-electron chi connectivity index (χ0n) is 10.1. The Morgan fingerprint density at radius 3 is 2.88 bits per heavy atom. The number of rotatable bonds is 3. The van der Waals surface area contributed by atoms with Gasteiger partial charge in [-0.1, -0.05) is 18.2 Å². The summed E-state index contributed by atoms with van der Waals surface area (Å²) in [6, 6.07) is 6.22. The Morgan fingerprint density at radius 1 is 1.44 bits per heavy atom. The summed E-state index contributed by atoms with van der Waals surface area (Å²) in [6.07, 6.45) is 0.969. The number of likely N-dealkylation sites (N-methyl/N-ethyl adjacent to an activating group) is 1. The van der Waals surface area contributed by atoms with Crippen LogP contribution in [-0.2, 0) is 16.7 Å². The Balaban J connectivity index is 2.29. The number of hydrogen-bond acceptors (Lipinski definition) is 3. The van der Waals surface area contributed by atoms with Gasteiger partial charge in [0, 0.05) is 0 Å². The minimum Gasteiger partial charge on any atom is -0.423 e. The third-order valence-corrected chi connectivity index (χ3v) is 3.10. The normalized spacial score (nSPS) is 17.6. The molecule has 0 radical (unpaired) electrons. The van der Waals surface area contributed by atoms with E-state index in [1.54, 1.807) is 0 Å². The van der Waals surface area contributed by atoms with E-state index in [0.29, 0.717) is 0 Å². The van der Waals surface area contributed by atoms with E-state index in [-0.39, 0.29) is 5.60 Å². The summed E-state index contributed by atoms with van der Waals surface area (Å²) in [7, 11) is 1.16. The number of benzene rings is 1. The van der Waals surface area contributed by atoms with Crippen molar-refractivity contribution in [1.29, 1.82) is 0 Å². The van der Waals surface area contributed by atoms with Crippen LogP contribution < -0.4 is 10.8 Å². The lowest BCUT2D eigenvalue weighted by Crippen LogP contribution is -2.29. The molecule has 1 aromatic carbocycles. The second-order valence-electron chi connectivity index (χ2n) is 4.76. The van der Waals surface area contributed by atoms with Gasteiger partial charge < -0.3 is 15.0 Å². The fourth-order valence-electron chi connectivity index (χ4n) is 2.20. The second-order valence-corrected chi connectivity index (χ2v) is 4.76. The summed E-state index contributed by atoms with van der Waals surface area (Å²) >= 11 is 0. The summed E-state index contributed by atoms with van der Waals surface area (Å²) < 4.78 is 5.52. The van der Waals surface area contributed by atoms with Crippen molar-refractivity contribution in [3.8, 4) is 0 Å². The monoisotopic (exact) mass is 219 g/mol. The van der Waals surface area contributed by atoms with E-state index in [2.05, 4.69) is 17.4 Å². The first-order valence-corrected chi connectivity index (χ1v) is 5.68. The first-order chi connectivity index (χ1) is 7.54. The molecule has 2 rings (SSSR count). The zero-order valence-corrected chi connectivity index (χ0v) is 10.1. The highest BCUT2D eigenvalue weighted by molar-refractivity contribution is 6.62. The van der Waals surface area contributed by atoms with Crippen LogP contribution in [0.15, 0.2) is 18.2 Å². The van der Waals surface area contributed by atoms with Crippen LogP contribution in [0.3, 0.4) is 0 Å². The Hall–Kier alpha value is -0.835. The van der Waals surface area contributed by atoms with Gasteiger partial charge in [-0.2, -0.15) is 0 Å². The second kappa shape index (κ2) is 4.20. The Morgan fingerprint density at radius 2 is 2.19 bits per heavy atom. The molecule has 1 aromatic rings. The first-order valence-electron chi connectivity index (χ1n) is 5.68. The van der Waals surface area contributed by atoms with E-state index in [9.17, 15) is 5.02 Å². The van der Waals surface area contributed by atoms with Crippen molar-refractivity contribution in [2.24, 2.45) is 0 Å². The molecule has 1 aliphatic rings. The summed E-state index contributed by atoms with van der Waals surface area (Å²) in [5.74, 6) is 0. The van der Waals surface area contributed by atoms with Gasteiger partial charge in [0.2, 0.25) is 0 Å². The zero-order chi connectivity index (χ0) is 11.8. The van der Waals surface area contributed by atoms with Crippen LogP contribution in [0.2, 0.25) is 0 Å². The first kappa shape index (κ1) is 11.6. The van der Waals surface area contributed by atoms with E-state index in [0.717, 1.165) is 24.0 Å². The van der Waals surface area contributed by atoms with Crippen molar-refractivity contribution in [1.82, 2.24) is 5.32 Å². The molecule has 16 heavy (non-hydrogen) atoms. The quantitative estimate of drug-likeness (QED) is 0.723. The molecule has 0 atom stereocenters. The molecule has 0 amide bonds. The van der Waals surface area contributed by atoms with Crippen LogP contribution in [0.4, 0.5) is 0 Å². The van der Waals surface area contributed by atoms with Crippen LogP contribution in [0.1, 0.15) is 25.0 Å². The van der Waals surface area contributed by atoms with Gasteiger partial charge in [0.15, 0.2) is 0 Å². The Bertz CT molecular complexity index is 393. The molecule has 0 aliphatic carbocycles. The van der Waals surface area contributed by atoms with Crippen molar-refractivity contribution in [2.45, 2.75) is 25.9 Å². The van der Waals surface area contributed by atoms with Crippen molar-refractivity contribution in [3.05, 3.63) is 29.3 Å². The SMILES string of the molecule is CNCCc1ccc2c(c1)B(O)OC2(C)C. The van der Waals surface area contributed by atoms with Crippen LogP contribution in [-0.4, -0.2) is 25.7 Å². The Kier molecular flexibility index (Phi) is 3.06. The van der Waals surface area contributed by atoms with Crippen molar-refractivity contribution >= 4 is 12.6 Å². The topological polar surface area (TPSA) is 41.5 Å². The van der Waals surface area contributed by atoms with Gasteiger partial charge in [-0.25, -0.2) is 0 Å². The van der Waals surface area contributed by atoms with Crippen molar-refractivity contribution in [3.63, 3.8) is 0 Å². The molecule has 0 saturated heterocycles. The predicted molar refractivity (Wildman–Crippen MR) is 65.8 cm³/mol. The lowest BCUT2D eigenvalue weighted by molar-refractivity contribution is 0.101. The average molecular weight is 219 g/mol. The van der Waals surface area contributed by atoms with Crippen molar-refractivity contribution < 1.29 is 9.68 Å². The summed E-state index contributed by atoms with van der Waals surface area (Å²) in [6.45, 7) is 4.91. The van der Waals surface area contributed by atoms with Gasteiger partial charge in [-0.15, -0.1) is 0 Å². The Labute approximate surface area is 97.0 Å². The van der Waals surface area contributed by atoms with Crippen molar-refractivity contribution in [2.75, 3.05) is 13.6 Å². The molecular weight excluding hydrogens is 201 g/mol. The fraction of sp³-hybridized carbons (Fsp3) is 0.500. The maximum absolute atomic E-state index is 9.83. The van der Waals surface area contributed by atoms with E-state index < -0.39 is 7.12 Å². The number of fused-ring (bicyclic) bond motifs is 1. The number of hydrogen-bond donors (Lipinski definition) is 2. The maximum Gasteiger partial charge on any atom is 0.492 e. The smallest absolute Gasteiger partial charge is 0.423 e. The van der Waals surface area contributed by atoms with Crippen LogP contribution >= 0.6 is 0 Å². The molecule has 3 nitrogen and oxygen atoms in total. The van der Waals surface area contributed by atoms with Gasteiger partial charge in [-0.05, 0) is 50.5 Å². The fourth-order valence-corrected chi connectivity index (χ4v) is 2.20. The largest absolute Gasteiger partial charge is 0.492 e. The standard InChI is InChI=1S/C12H18BNO2/c1-12(2)10-5-4-9(6-7-14-3)8-11(10)13(15)16-12/h4-5,8,14-15H,6-7H2,1-3H3. The molecule has 1 heterocycles. The van der Waals surface area contributed by atoms with E-state index in [1.807, 2.05) is 27.0 Å². The van der Waals surface area contributed by atoms with Gasteiger partial charge in [0.1, 0.15) is 0 Å². The van der Waals surface area contributed by atoms with E-state index in [1.165, 1.54) is 5.56 Å². The molecule has 2 N–H and O–H groups in total. The van der Waals surface area contributed by atoms with Gasteiger partial charge in [0.05, 0.1) is 5.60 Å². The van der Waals surface area contributed by atoms with E-state index >= 15 is 0 Å². The molecule has 86 valence electrons. The highest BCUT2D eigenvalue weighted by Gasteiger charge is 2.40. The summed E-state index contributed by atoms with van der Waals surface area (Å²) in [5, 5.41) is 12.9. The molecule has 0 bridgehead atoms. The highest BCUT2D eigenvalue weighted by atomic mass is 16.5. The summed E-state index contributed by atoms with van der Waals surface area (Å²) in [5.41, 5.74) is 2.86. The number of nitrogens with one attached hydrogen (secondary N) is 1. The summed E-state index contributed by atoms with van der Waals surface area (Å²) in [4.78, 5) is 0. The predicted octanol–water partition coefficient (Wildman–Crippen LogP) is 0.401. The highest BCUT2D eigenvalue weighted by Crippen LogP contribution is 2.29. The van der Waals surface area contributed by atoms with Crippen LogP contribution in [0, 0.1) is 0 Å². The maximum atomic E-state index is 9.83. The average Bonchev–Trinajstić information content (AvgIpc) is 2.46. The molecule has 0 spiro atoms. The molecule has 1 aliphatic heterocycles. The lowest BCUT2D eigenvalue weighted by Gasteiger charge is -2.19. The third kappa shape index (κ3) is 2.01. The molecule has 0 unspecified atom stereocenters. The van der Waals surface area contributed by atoms with Gasteiger partial charge >= 0.3 is 7.12 Å². The third-order valence-electron chi connectivity index (χ3n) is 3.10. The minimum absolute atomic E-state index is 0.379. The molecular formula is C12H18BNO2. The van der Waals surface area contributed by atoms with Gasteiger partial charge in [0.25, 0.3) is 0 Å². The molecule has 0 fully saturated rings. The molecule has 4 heteroatoms. The van der Waals surface area contributed by atoms with Crippen LogP contribution in [0.5, 0.6) is 0 Å². The molecule has 0 aromatic heterocycles.